The normalized spacial score (nSPS) is 21.3. The fourth-order valence-electron chi connectivity index (χ4n) is 3.02. The summed E-state index contributed by atoms with van der Waals surface area (Å²) < 4.78 is 0. The van der Waals surface area contributed by atoms with Crippen LogP contribution in [0.2, 0.25) is 0 Å². The van der Waals surface area contributed by atoms with E-state index in [2.05, 4.69) is 27.7 Å². The quantitative estimate of drug-likeness (QED) is 0.505. The Hall–Kier alpha value is -1.18. The Morgan fingerprint density at radius 1 is 1.07 bits per heavy atom. The Morgan fingerprint density at radius 3 is 2.07 bits per heavy atom. The van der Waals surface area contributed by atoms with E-state index in [0.29, 0.717) is 5.69 Å². The van der Waals surface area contributed by atoms with Crippen LogP contribution >= 0.6 is 0 Å². The van der Waals surface area contributed by atoms with Gasteiger partial charge < -0.3 is 10.8 Å². The number of rotatable bonds is 0. The summed E-state index contributed by atoms with van der Waals surface area (Å²) in [6.45, 7) is 8.90. The highest BCUT2D eigenvalue weighted by atomic mass is 16.3. The number of anilines is 1. The van der Waals surface area contributed by atoms with Crippen molar-refractivity contribution in [2.75, 3.05) is 5.73 Å². The Labute approximate surface area is 91.1 Å². The van der Waals surface area contributed by atoms with Crippen molar-refractivity contribution < 1.29 is 5.11 Å². The van der Waals surface area contributed by atoms with Gasteiger partial charge in [-0.3, -0.25) is 0 Å². The molecule has 0 amide bonds. The molecule has 0 saturated carbocycles. The molecule has 0 radical (unpaired) electrons. The molecule has 0 bridgehead atoms. The predicted molar refractivity (Wildman–Crippen MR) is 63.2 cm³/mol. The Balaban J connectivity index is 2.71. The number of hydrogen-bond acceptors (Lipinski definition) is 2. The van der Waals surface area contributed by atoms with E-state index in [-0.39, 0.29) is 16.6 Å². The van der Waals surface area contributed by atoms with Crippen molar-refractivity contribution in [3.05, 3.63) is 23.3 Å². The second kappa shape index (κ2) is 2.69. The van der Waals surface area contributed by atoms with E-state index >= 15 is 0 Å². The third-order valence-corrected chi connectivity index (χ3v) is 3.51. The molecule has 82 valence electrons. The van der Waals surface area contributed by atoms with Crippen LogP contribution in [-0.2, 0) is 10.8 Å². The molecule has 0 aliphatic heterocycles. The second-order valence-electron chi connectivity index (χ2n) is 5.90. The van der Waals surface area contributed by atoms with Gasteiger partial charge in [0.25, 0.3) is 0 Å². The lowest BCUT2D eigenvalue weighted by Gasteiger charge is -2.22. The summed E-state index contributed by atoms with van der Waals surface area (Å²) in [5, 5.41) is 9.66. The molecule has 0 heterocycles. The van der Waals surface area contributed by atoms with Gasteiger partial charge in [0.15, 0.2) is 0 Å². The van der Waals surface area contributed by atoms with Gasteiger partial charge in [-0.2, -0.15) is 0 Å². The monoisotopic (exact) mass is 205 g/mol. The van der Waals surface area contributed by atoms with Gasteiger partial charge in [0.05, 0.1) is 5.69 Å². The van der Waals surface area contributed by atoms with E-state index < -0.39 is 0 Å². The third kappa shape index (κ3) is 1.39. The molecule has 3 N–H and O–H groups in total. The topological polar surface area (TPSA) is 46.2 Å². The molecule has 1 aliphatic rings. The van der Waals surface area contributed by atoms with E-state index in [4.69, 9.17) is 5.73 Å². The van der Waals surface area contributed by atoms with Crippen LogP contribution in [0.15, 0.2) is 12.1 Å². The van der Waals surface area contributed by atoms with Crippen molar-refractivity contribution in [3.63, 3.8) is 0 Å². The summed E-state index contributed by atoms with van der Waals surface area (Å²) in [5.41, 5.74) is 9.04. The number of fused-ring (bicyclic) bond motifs is 1. The molecule has 0 aromatic heterocycles. The van der Waals surface area contributed by atoms with E-state index in [9.17, 15) is 5.11 Å². The number of nitrogen functional groups attached to an aromatic ring is 1. The second-order valence-corrected chi connectivity index (χ2v) is 5.90. The average Bonchev–Trinajstić information content (AvgIpc) is 2.21. The maximum Gasteiger partial charge on any atom is 0.138 e. The maximum absolute atomic E-state index is 9.66. The molecule has 2 rings (SSSR count). The molecule has 1 aromatic carbocycles. The van der Waals surface area contributed by atoms with Gasteiger partial charge in [-0.05, 0) is 40.5 Å². The molecule has 0 spiro atoms. The summed E-state index contributed by atoms with van der Waals surface area (Å²) >= 11 is 0. The van der Waals surface area contributed by atoms with Gasteiger partial charge in [0.1, 0.15) is 5.75 Å². The molecule has 15 heavy (non-hydrogen) atoms. The summed E-state index contributed by atoms with van der Waals surface area (Å²) in [6.07, 6.45) is 1.10. The Morgan fingerprint density at radius 2 is 1.53 bits per heavy atom. The van der Waals surface area contributed by atoms with Crippen LogP contribution in [0.5, 0.6) is 5.75 Å². The smallest absolute Gasteiger partial charge is 0.138 e. The van der Waals surface area contributed by atoms with Crippen molar-refractivity contribution in [1.82, 2.24) is 0 Å². The molecule has 2 nitrogen and oxygen atoms in total. The fourth-order valence-corrected chi connectivity index (χ4v) is 3.02. The van der Waals surface area contributed by atoms with Crippen LogP contribution in [0.25, 0.3) is 0 Å². The predicted octanol–water partition coefficient (Wildman–Crippen LogP) is 2.93. The molecular weight excluding hydrogens is 186 g/mol. The van der Waals surface area contributed by atoms with Crippen molar-refractivity contribution >= 4 is 5.69 Å². The molecule has 2 heteroatoms. The zero-order valence-electron chi connectivity index (χ0n) is 9.89. The SMILES string of the molecule is CC1(C)CC(C)(C)c2cc(O)c(N)cc21. The first-order valence-electron chi connectivity index (χ1n) is 5.37. The lowest BCUT2D eigenvalue weighted by atomic mass is 9.82. The molecular formula is C13H19NO. The van der Waals surface area contributed by atoms with E-state index in [1.54, 1.807) is 0 Å². The van der Waals surface area contributed by atoms with Gasteiger partial charge in [0, 0.05) is 0 Å². The third-order valence-electron chi connectivity index (χ3n) is 3.51. The van der Waals surface area contributed by atoms with Crippen LogP contribution in [0, 0.1) is 0 Å². The highest BCUT2D eigenvalue weighted by Gasteiger charge is 2.42. The minimum atomic E-state index is 0.129. The minimum Gasteiger partial charge on any atom is -0.506 e. The van der Waals surface area contributed by atoms with E-state index in [1.807, 2.05) is 12.1 Å². The standard InChI is InChI=1S/C13H19NO/c1-12(2)7-13(3,4)9-6-11(15)10(14)5-8(9)12/h5-6,15H,7,14H2,1-4H3. The van der Waals surface area contributed by atoms with Crippen LogP contribution in [-0.4, -0.2) is 5.11 Å². The molecule has 0 atom stereocenters. The van der Waals surface area contributed by atoms with Gasteiger partial charge in [0.2, 0.25) is 0 Å². The van der Waals surface area contributed by atoms with E-state index in [1.165, 1.54) is 11.1 Å². The minimum absolute atomic E-state index is 0.129. The summed E-state index contributed by atoms with van der Waals surface area (Å²) in [5.74, 6) is 0.208. The first-order valence-corrected chi connectivity index (χ1v) is 5.37. The van der Waals surface area contributed by atoms with Gasteiger partial charge in [-0.15, -0.1) is 0 Å². The summed E-state index contributed by atoms with van der Waals surface area (Å²) in [6, 6.07) is 3.76. The molecule has 1 aromatic rings. The van der Waals surface area contributed by atoms with Crippen molar-refractivity contribution in [1.29, 1.82) is 0 Å². The number of benzene rings is 1. The van der Waals surface area contributed by atoms with Crippen LogP contribution < -0.4 is 5.73 Å². The zero-order valence-corrected chi connectivity index (χ0v) is 9.89. The lowest BCUT2D eigenvalue weighted by Crippen LogP contribution is -2.17. The number of phenols is 1. The molecule has 0 unspecified atom stereocenters. The summed E-state index contributed by atoms with van der Waals surface area (Å²) in [7, 11) is 0. The van der Waals surface area contributed by atoms with Crippen molar-refractivity contribution in [2.45, 2.75) is 44.9 Å². The van der Waals surface area contributed by atoms with Crippen molar-refractivity contribution in [3.8, 4) is 5.75 Å². The Bertz CT molecular complexity index is 380. The number of hydrogen-bond donors (Lipinski definition) is 2. The van der Waals surface area contributed by atoms with Crippen LogP contribution in [0.4, 0.5) is 5.69 Å². The molecule has 0 saturated heterocycles. The molecule has 1 aliphatic carbocycles. The number of phenolic OH excluding ortho intramolecular Hbond substituents is 1. The highest BCUT2D eigenvalue weighted by Crippen LogP contribution is 2.51. The van der Waals surface area contributed by atoms with Gasteiger partial charge in [-0.1, -0.05) is 27.7 Å². The van der Waals surface area contributed by atoms with Crippen molar-refractivity contribution in [2.24, 2.45) is 0 Å². The first kappa shape index (κ1) is 10.3. The molecule has 0 fully saturated rings. The first-order chi connectivity index (χ1) is 6.74. The van der Waals surface area contributed by atoms with Crippen LogP contribution in [0.3, 0.4) is 0 Å². The lowest BCUT2D eigenvalue weighted by molar-refractivity contribution is 0.402. The zero-order chi connectivity index (χ0) is 11.4. The van der Waals surface area contributed by atoms with Crippen LogP contribution in [0.1, 0.15) is 45.2 Å². The van der Waals surface area contributed by atoms with Gasteiger partial charge >= 0.3 is 0 Å². The summed E-state index contributed by atoms with van der Waals surface area (Å²) in [4.78, 5) is 0. The van der Waals surface area contributed by atoms with Gasteiger partial charge in [-0.25, -0.2) is 0 Å². The maximum atomic E-state index is 9.66. The number of nitrogens with two attached hydrogens (primary N) is 1. The largest absolute Gasteiger partial charge is 0.506 e. The number of aromatic hydroxyl groups is 1. The average molecular weight is 205 g/mol. The highest BCUT2D eigenvalue weighted by molar-refractivity contribution is 5.61. The fraction of sp³-hybridized carbons (Fsp3) is 0.538. The Kier molecular flexibility index (Phi) is 1.85. The van der Waals surface area contributed by atoms with E-state index in [0.717, 1.165) is 6.42 Å².